The van der Waals surface area contributed by atoms with Crippen LogP contribution in [0, 0.1) is 11.8 Å². The quantitative estimate of drug-likeness (QED) is 0.123. The number of hydrogen-bond acceptors (Lipinski definition) is 10. The smallest absolute Gasteiger partial charge is 0.411 e. The number of rotatable bonds is 9. The second-order valence-corrected chi connectivity index (χ2v) is 16.9. The van der Waals surface area contributed by atoms with Gasteiger partial charge < -0.3 is 18.9 Å². The number of ketones is 2. The van der Waals surface area contributed by atoms with Gasteiger partial charge in [0, 0.05) is 23.2 Å². The number of piperidine rings is 1. The molecular weight excluding hydrogens is 704 g/mol. The molecule has 12 heteroatoms. The highest BCUT2D eigenvalue weighted by Gasteiger charge is 2.57. The first kappa shape index (κ1) is 39.4. The molecule has 3 aromatic rings. The molecule has 292 valence electrons. The van der Waals surface area contributed by atoms with E-state index in [1.807, 2.05) is 38.1 Å². The van der Waals surface area contributed by atoms with Gasteiger partial charge in [-0.25, -0.2) is 19.2 Å². The average molecular weight is 755 g/mol. The molecule has 6 atom stereocenters. The Balaban J connectivity index is 1.09. The SMILES string of the molecule is C[C@@H]1C[C@@H](C(=O)OCC(=O)c2cccc3c(-c4ccc(C(=O)COC(=O)[C@@H]5C[C@H]6C[C@H]6N5C(=O)OC(C)(C)C)cc4)cccc23)N(C(=O)OC(C)(C)C)[C@@H]1C. The molecule has 1 saturated carbocycles. The topological polar surface area (TPSA) is 146 Å². The van der Waals surface area contributed by atoms with Crippen molar-refractivity contribution in [1.29, 1.82) is 0 Å². The fourth-order valence-corrected chi connectivity index (χ4v) is 7.55. The summed E-state index contributed by atoms with van der Waals surface area (Å²) in [6.07, 6.45) is 0.573. The number of esters is 2. The lowest BCUT2D eigenvalue weighted by Gasteiger charge is -2.30. The van der Waals surface area contributed by atoms with Gasteiger partial charge in [0.1, 0.15) is 23.3 Å². The lowest BCUT2D eigenvalue weighted by molar-refractivity contribution is -0.148. The largest absolute Gasteiger partial charge is 0.456 e. The minimum atomic E-state index is -0.860. The Kier molecular flexibility index (Phi) is 10.8. The molecule has 2 saturated heterocycles. The van der Waals surface area contributed by atoms with Crippen molar-refractivity contribution in [2.45, 2.75) is 110 Å². The Morgan fingerprint density at radius 2 is 1.18 bits per heavy atom. The molecule has 0 bridgehead atoms. The maximum atomic E-state index is 13.5. The van der Waals surface area contributed by atoms with E-state index in [1.54, 1.807) is 77.9 Å². The molecule has 2 amide bonds. The second-order valence-electron chi connectivity index (χ2n) is 16.9. The molecule has 0 radical (unpaired) electrons. The van der Waals surface area contributed by atoms with Gasteiger partial charge in [-0.3, -0.25) is 19.4 Å². The first-order valence-corrected chi connectivity index (χ1v) is 18.9. The Hall–Kier alpha value is -5.26. The Labute approximate surface area is 321 Å². The van der Waals surface area contributed by atoms with Gasteiger partial charge in [0.2, 0.25) is 5.78 Å². The predicted molar refractivity (Wildman–Crippen MR) is 203 cm³/mol. The van der Waals surface area contributed by atoms with Gasteiger partial charge in [0.15, 0.2) is 19.0 Å². The van der Waals surface area contributed by atoms with E-state index in [2.05, 4.69) is 0 Å². The fraction of sp³-hybridized carbons (Fsp3) is 0.488. The van der Waals surface area contributed by atoms with Crippen LogP contribution < -0.4 is 0 Å². The van der Waals surface area contributed by atoms with Crippen molar-refractivity contribution in [1.82, 2.24) is 9.80 Å². The Morgan fingerprint density at radius 3 is 1.80 bits per heavy atom. The molecule has 12 nitrogen and oxygen atoms in total. The van der Waals surface area contributed by atoms with E-state index in [0.717, 1.165) is 22.9 Å². The Bertz CT molecular complexity index is 2010. The summed E-state index contributed by atoms with van der Waals surface area (Å²) in [5.74, 6) is -1.78. The fourth-order valence-electron chi connectivity index (χ4n) is 7.55. The maximum Gasteiger partial charge on any atom is 0.411 e. The van der Waals surface area contributed by atoms with Crippen LogP contribution >= 0.6 is 0 Å². The predicted octanol–water partition coefficient (Wildman–Crippen LogP) is 7.39. The number of ether oxygens (including phenoxy) is 4. The third-order valence-electron chi connectivity index (χ3n) is 10.5. The molecule has 2 heterocycles. The van der Waals surface area contributed by atoms with Gasteiger partial charge in [0.05, 0.1) is 0 Å². The number of hydrogen-bond donors (Lipinski definition) is 0. The van der Waals surface area contributed by atoms with E-state index in [-0.39, 0.29) is 29.7 Å². The Morgan fingerprint density at radius 1 is 0.636 bits per heavy atom. The van der Waals surface area contributed by atoms with Crippen molar-refractivity contribution in [3.8, 4) is 11.1 Å². The molecule has 0 N–H and O–H groups in total. The van der Waals surface area contributed by atoms with Crippen LogP contribution in [0.3, 0.4) is 0 Å². The van der Waals surface area contributed by atoms with E-state index in [0.29, 0.717) is 29.4 Å². The number of Topliss-reactive ketones (excluding diaryl/α,β-unsaturated/α-hetero) is 2. The molecule has 0 aromatic heterocycles. The number of carbonyl (C=O) groups excluding carboxylic acids is 6. The van der Waals surface area contributed by atoms with Crippen molar-refractivity contribution >= 4 is 46.5 Å². The third-order valence-corrected chi connectivity index (χ3v) is 10.5. The van der Waals surface area contributed by atoms with Crippen molar-refractivity contribution in [2.75, 3.05) is 13.2 Å². The van der Waals surface area contributed by atoms with E-state index in [9.17, 15) is 28.8 Å². The lowest BCUT2D eigenvalue weighted by atomic mass is 9.94. The average Bonchev–Trinajstić information content (AvgIpc) is 3.66. The van der Waals surface area contributed by atoms with Crippen LogP contribution in [-0.4, -0.2) is 94.1 Å². The zero-order valence-electron chi connectivity index (χ0n) is 32.8. The van der Waals surface area contributed by atoms with Gasteiger partial charge in [0.25, 0.3) is 0 Å². The zero-order valence-corrected chi connectivity index (χ0v) is 32.8. The highest BCUT2D eigenvalue weighted by Crippen LogP contribution is 2.48. The van der Waals surface area contributed by atoms with Crippen LogP contribution in [0.25, 0.3) is 21.9 Å². The number of likely N-dealkylation sites (tertiary alicyclic amines) is 2. The number of amides is 2. The lowest BCUT2D eigenvalue weighted by Crippen LogP contribution is -2.47. The highest BCUT2D eigenvalue weighted by atomic mass is 16.6. The summed E-state index contributed by atoms with van der Waals surface area (Å²) >= 11 is 0. The van der Waals surface area contributed by atoms with E-state index < -0.39 is 66.4 Å². The van der Waals surface area contributed by atoms with Gasteiger partial charge in [-0.15, -0.1) is 0 Å². The summed E-state index contributed by atoms with van der Waals surface area (Å²) in [5, 5.41) is 1.45. The van der Waals surface area contributed by atoms with Crippen LogP contribution in [0.1, 0.15) is 95.4 Å². The molecule has 3 aliphatic rings. The molecule has 1 aliphatic carbocycles. The van der Waals surface area contributed by atoms with Crippen molar-refractivity contribution in [2.24, 2.45) is 11.8 Å². The molecule has 3 aromatic carbocycles. The van der Waals surface area contributed by atoms with Gasteiger partial charge in [-0.1, -0.05) is 67.6 Å². The van der Waals surface area contributed by atoms with E-state index >= 15 is 0 Å². The van der Waals surface area contributed by atoms with Crippen molar-refractivity contribution in [3.05, 3.63) is 71.8 Å². The zero-order chi connectivity index (χ0) is 40.0. The first-order valence-electron chi connectivity index (χ1n) is 18.9. The van der Waals surface area contributed by atoms with Crippen molar-refractivity contribution in [3.63, 3.8) is 0 Å². The summed E-state index contributed by atoms with van der Waals surface area (Å²) in [6, 6.07) is 15.8. The van der Waals surface area contributed by atoms with Gasteiger partial charge in [-0.2, -0.15) is 0 Å². The second kappa shape index (κ2) is 15.1. The van der Waals surface area contributed by atoms with Crippen LogP contribution in [0.15, 0.2) is 60.7 Å². The number of fused-ring (bicyclic) bond motifs is 2. The minimum Gasteiger partial charge on any atom is -0.456 e. The molecule has 55 heavy (non-hydrogen) atoms. The number of benzene rings is 3. The van der Waals surface area contributed by atoms with Crippen LogP contribution in [-0.2, 0) is 28.5 Å². The molecule has 6 rings (SSSR count). The molecule has 0 spiro atoms. The van der Waals surface area contributed by atoms with Gasteiger partial charge in [-0.05, 0) is 101 Å². The minimum absolute atomic E-state index is 0.0349. The standard InChI is InChI=1S/C43H50N2O10/c1-24-19-34(44(25(24)2)40(50)54-42(3,4)5)38(48)53-23-37(47)32-14-10-12-30-29(11-9-13-31(30)32)26-15-17-27(18-16-26)36(46)22-52-39(49)35-21-28-20-33(28)45(35)41(51)55-43(6,7)8/h9-18,24-25,28,33-35H,19-23H2,1-8H3/t24-,25-,28-,33-,34+,35+/m1/s1. The van der Waals surface area contributed by atoms with Gasteiger partial charge >= 0.3 is 24.1 Å². The summed E-state index contributed by atoms with van der Waals surface area (Å²) in [5.41, 5.74) is 0.900. The summed E-state index contributed by atoms with van der Waals surface area (Å²) in [4.78, 5) is 81.5. The van der Waals surface area contributed by atoms with Crippen LogP contribution in [0.2, 0.25) is 0 Å². The summed E-state index contributed by atoms with van der Waals surface area (Å²) in [7, 11) is 0. The normalized spacial score (nSPS) is 23.2. The summed E-state index contributed by atoms with van der Waals surface area (Å²) < 4.78 is 22.0. The monoisotopic (exact) mass is 754 g/mol. The molecular formula is C43H50N2O10. The molecule has 2 aliphatic heterocycles. The molecule has 3 fully saturated rings. The summed E-state index contributed by atoms with van der Waals surface area (Å²) in [6.45, 7) is 13.5. The van der Waals surface area contributed by atoms with Crippen molar-refractivity contribution < 1.29 is 47.7 Å². The van der Waals surface area contributed by atoms with Crippen LogP contribution in [0.5, 0.6) is 0 Å². The maximum absolute atomic E-state index is 13.5. The van der Waals surface area contributed by atoms with Crippen LogP contribution in [0.4, 0.5) is 9.59 Å². The molecule has 0 unspecified atom stereocenters. The number of carbonyl (C=O) groups is 6. The third kappa shape index (κ3) is 8.68. The highest BCUT2D eigenvalue weighted by molar-refractivity contribution is 6.12. The van der Waals surface area contributed by atoms with E-state index in [4.69, 9.17) is 18.9 Å². The first-order chi connectivity index (χ1) is 25.8. The number of nitrogens with zero attached hydrogens (tertiary/aromatic N) is 2. The van der Waals surface area contributed by atoms with E-state index in [1.165, 1.54) is 9.80 Å².